The minimum Gasteiger partial charge on any atom is -0.460 e. The zero-order valence-electron chi connectivity index (χ0n) is 17.3. The molecule has 3 aromatic rings. The molecular weight excluding hydrogens is 398 g/mol. The molecular formula is C24H28ClN3O2. The quantitative estimate of drug-likeness (QED) is 0.609. The van der Waals surface area contributed by atoms with Crippen LogP contribution in [0.15, 0.2) is 59.0 Å². The van der Waals surface area contributed by atoms with Crippen molar-refractivity contribution in [3.05, 3.63) is 76.8 Å². The van der Waals surface area contributed by atoms with E-state index in [1.807, 2.05) is 49.4 Å². The van der Waals surface area contributed by atoms with Gasteiger partial charge in [-0.25, -0.2) is 0 Å². The van der Waals surface area contributed by atoms with Crippen molar-refractivity contribution in [3.63, 3.8) is 0 Å². The molecule has 1 aliphatic rings. The first kappa shape index (κ1) is 21.1. The summed E-state index contributed by atoms with van der Waals surface area (Å²) in [4.78, 5) is 9.48. The van der Waals surface area contributed by atoms with E-state index in [1.165, 1.54) is 0 Å². The Balaban J connectivity index is 1.40. The lowest BCUT2D eigenvalue weighted by atomic mass is 10.1. The lowest BCUT2D eigenvalue weighted by Crippen LogP contribution is -2.52. The molecule has 1 fully saturated rings. The van der Waals surface area contributed by atoms with Crippen molar-refractivity contribution < 1.29 is 9.52 Å². The first-order valence-corrected chi connectivity index (χ1v) is 10.8. The maximum atomic E-state index is 9.59. The number of piperazine rings is 1. The van der Waals surface area contributed by atoms with Crippen molar-refractivity contribution in [2.24, 2.45) is 0 Å². The van der Waals surface area contributed by atoms with Crippen LogP contribution in [0.4, 0.5) is 0 Å². The van der Waals surface area contributed by atoms with E-state index < -0.39 is 0 Å². The number of furan rings is 1. The molecule has 1 aromatic carbocycles. The first-order valence-electron chi connectivity index (χ1n) is 10.5. The van der Waals surface area contributed by atoms with E-state index in [-0.39, 0.29) is 6.61 Å². The number of benzene rings is 1. The van der Waals surface area contributed by atoms with Crippen LogP contribution < -0.4 is 0 Å². The molecule has 0 spiro atoms. The van der Waals surface area contributed by atoms with Crippen molar-refractivity contribution in [1.29, 1.82) is 0 Å². The highest BCUT2D eigenvalue weighted by molar-refractivity contribution is 6.33. The van der Waals surface area contributed by atoms with Gasteiger partial charge in [0.25, 0.3) is 0 Å². The zero-order chi connectivity index (χ0) is 20.9. The molecule has 0 radical (unpaired) electrons. The number of pyridine rings is 1. The van der Waals surface area contributed by atoms with Crippen molar-refractivity contribution >= 4 is 11.6 Å². The van der Waals surface area contributed by atoms with Gasteiger partial charge < -0.3 is 9.52 Å². The molecule has 30 heavy (non-hydrogen) atoms. The molecule has 3 heterocycles. The number of aliphatic hydroxyl groups is 1. The molecule has 1 N–H and O–H groups in total. The predicted octanol–water partition coefficient (Wildman–Crippen LogP) is 4.37. The van der Waals surface area contributed by atoms with E-state index in [0.717, 1.165) is 67.6 Å². The topological polar surface area (TPSA) is 52.7 Å². The summed E-state index contributed by atoms with van der Waals surface area (Å²) in [7, 11) is 0. The minimum absolute atomic E-state index is 0.188. The Labute approximate surface area is 182 Å². The summed E-state index contributed by atoms with van der Waals surface area (Å²) >= 11 is 6.30. The van der Waals surface area contributed by atoms with Crippen LogP contribution in [0.2, 0.25) is 5.02 Å². The Bertz CT molecular complexity index is 974. The molecule has 4 rings (SSSR count). The van der Waals surface area contributed by atoms with E-state index in [2.05, 4.69) is 26.9 Å². The van der Waals surface area contributed by atoms with Crippen LogP contribution >= 0.6 is 11.6 Å². The Morgan fingerprint density at radius 1 is 1.07 bits per heavy atom. The van der Waals surface area contributed by atoms with Crippen molar-refractivity contribution in [1.82, 2.24) is 14.8 Å². The van der Waals surface area contributed by atoms with Gasteiger partial charge in [-0.3, -0.25) is 14.8 Å². The van der Waals surface area contributed by atoms with Crippen LogP contribution in [0.25, 0.3) is 11.3 Å². The highest BCUT2D eigenvalue weighted by Gasteiger charge is 2.27. The fourth-order valence-electron chi connectivity index (χ4n) is 4.12. The minimum atomic E-state index is 0.188. The van der Waals surface area contributed by atoms with Crippen LogP contribution in [0.1, 0.15) is 23.6 Å². The average Bonchev–Trinajstić information content (AvgIpc) is 3.19. The summed E-state index contributed by atoms with van der Waals surface area (Å²) in [6, 6.07) is 18.2. The molecule has 0 unspecified atom stereocenters. The summed E-state index contributed by atoms with van der Waals surface area (Å²) < 4.78 is 6.09. The molecule has 0 saturated carbocycles. The Morgan fingerprint density at radius 3 is 2.73 bits per heavy atom. The molecule has 1 atom stereocenters. The van der Waals surface area contributed by atoms with Gasteiger partial charge in [0, 0.05) is 50.1 Å². The lowest BCUT2D eigenvalue weighted by molar-refractivity contribution is 0.0461. The Hall–Kier alpha value is -2.18. The number of aromatic nitrogens is 1. The van der Waals surface area contributed by atoms with Crippen LogP contribution in [0.3, 0.4) is 0 Å². The highest BCUT2D eigenvalue weighted by atomic mass is 35.5. The fraction of sp³-hybridized carbons (Fsp3) is 0.375. The summed E-state index contributed by atoms with van der Waals surface area (Å²) in [6.07, 6.45) is 0.755. The molecule has 0 amide bonds. The van der Waals surface area contributed by atoms with Gasteiger partial charge in [-0.05, 0) is 49.7 Å². The second-order valence-corrected chi connectivity index (χ2v) is 8.30. The monoisotopic (exact) mass is 425 g/mol. The van der Waals surface area contributed by atoms with Crippen LogP contribution in [-0.2, 0) is 13.1 Å². The number of aryl methyl sites for hydroxylation is 1. The van der Waals surface area contributed by atoms with E-state index in [0.29, 0.717) is 11.1 Å². The highest BCUT2D eigenvalue weighted by Crippen LogP contribution is 2.29. The number of halogens is 1. The average molecular weight is 426 g/mol. The zero-order valence-corrected chi connectivity index (χ0v) is 18.1. The standard InChI is InChI=1S/C24H28ClN3O2/c1-18-5-4-6-19(26-18)15-28-13-12-27(16-20(28)11-14-29)17-21-9-10-24(30-21)22-7-2-3-8-23(22)25/h2-10,20,29H,11-17H2,1H3/t20-/m1/s1. The summed E-state index contributed by atoms with van der Waals surface area (Å²) in [5.41, 5.74) is 3.04. The second kappa shape index (κ2) is 9.75. The van der Waals surface area contributed by atoms with Crippen LogP contribution in [-0.4, -0.2) is 52.2 Å². The van der Waals surface area contributed by atoms with E-state index in [4.69, 9.17) is 16.0 Å². The molecule has 2 aromatic heterocycles. The molecule has 158 valence electrons. The second-order valence-electron chi connectivity index (χ2n) is 7.89. The van der Waals surface area contributed by atoms with Gasteiger partial charge >= 0.3 is 0 Å². The Kier molecular flexibility index (Phi) is 6.85. The number of aliphatic hydroxyl groups excluding tert-OH is 1. The van der Waals surface area contributed by atoms with Crippen molar-refractivity contribution in [2.45, 2.75) is 32.5 Å². The maximum Gasteiger partial charge on any atom is 0.135 e. The number of hydrogen-bond donors (Lipinski definition) is 1. The summed E-state index contributed by atoms with van der Waals surface area (Å²) in [5, 5.41) is 10.3. The third-order valence-corrected chi connectivity index (χ3v) is 5.97. The summed E-state index contributed by atoms with van der Waals surface area (Å²) in [6.45, 7) is 6.57. The molecule has 5 nitrogen and oxygen atoms in total. The molecule has 0 aliphatic carbocycles. The van der Waals surface area contributed by atoms with Gasteiger partial charge in [-0.2, -0.15) is 0 Å². The molecule has 1 saturated heterocycles. The van der Waals surface area contributed by atoms with Crippen LogP contribution in [0, 0.1) is 6.92 Å². The maximum absolute atomic E-state index is 9.59. The van der Waals surface area contributed by atoms with E-state index in [9.17, 15) is 5.11 Å². The molecule has 0 bridgehead atoms. The van der Waals surface area contributed by atoms with Crippen molar-refractivity contribution in [3.8, 4) is 11.3 Å². The van der Waals surface area contributed by atoms with Gasteiger partial charge in [0.2, 0.25) is 0 Å². The fourth-order valence-corrected chi connectivity index (χ4v) is 4.35. The largest absolute Gasteiger partial charge is 0.460 e. The van der Waals surface area contributed by atoms with Crippen molar-refractivity contribution in [2.75, 3.05) is 26.2 Å². The van der Waals surface area contributed by atoms with Gasteiger partial charge in [0.1, 0.15) is 11.5 Å². The van der Waals surface area contributed by atoms with Gasteiger partial charge in [0.05, 0.1) is 17.3 Å². The normalized spacial score (nSPS) is 18.0. The number of rotatable bonds is 7. The summed E-state index contributed by atoms with van der Waals surface area (Å²) in [5.74, 6) is 1.73. The van der Waals surface area contributed by atoms with Crippen LogP contribution in [0.5, 0.6) is 0 Å². The number of hydrogen-bond acceptors (Lipinski definition) is 5. The number of nitrogens with zero attached hydrogens (tertiary/aromatic N) is 3. The van der Waals surface area contributed by atoms with Gasteiger partial charge in [0.15, 0.2) is 0 Å². The van der Waals surface area contributed by atoms with Gasteiger partial charge in [-0.1, -0.05) is 29.8 Å². The third-order valence-electron chi connectivity index (χ3n) is 5.64. The van der Waals surface area contributed by atoms with E-state index >= 15 is 0 Å². The van der Waals surface area contributed by atoms with Gasteiger partial charge in [-0.15, -0.1) is 0 Å². The lowest BCUT2D eigenvalue weighted by Gasteiger charge is -2.41. The van der Waals surface area contributed by atoms with E-state index in [1.54, 1.807) is 0 Å². The first-order chi connectivity index (χ1) is 14.6. The predicted molar refractivity (Wildman–Crippen MR) is 119 cm³/mol. The Morgan fingerprint density at radius 2 is 1.93 bits per heavy atom. The SMILES string of the molecule is Cc1cccc(CN2CCN(Cc3ccc(-c4ccccc4Cl)o3)C[C@H]2CCO)n1. The molecule has 1 aliphatic heterocycles. The third kappa shape index (κ3) is 5.10. The smallest absolute Gasteiger partial charge is 0.135 e. The molecule has 6 heteroatoms.